The van der Waals surface area contributed by atoms with E-state index in [1.807, 2.05) is 17.9 Å². The maximum Gasteiger partial charge on any atom is 0.255 e. The van der Waals surface area contributed by atoms with Crippen LogP contribution in [0.15, 0.2) is 29.1 Å². The molecule has 0 radical (unpaired) electrons. The summed E-state index contributed by atoms with van der Waals surface area (Å²) < 4.78 is 5.37. The summed E-state index contributed by atoms with van der Waals surface area (Å²) in [5, 5.41) is 3.05. The molecule has 0 unspecified atom stereocenters. The van der Waals surface area contributed by atoms with Crippen LogP contribution in [0.3, 0.4) is 0 Å². The fraction of sp³-hybridized carbons (Fsp3) is 0.593. The fourth-order valence-corrected chi connectivity index (χ4v) is 5.14. The number of hydrogen-bond donors (Lipinski definition) is 2. The van der Waals surface area contributed by atoms with Gasteiger partial charge in [-0.05, 0) is 44.4 Å². The van der Waals surface area contributed by atoms with E-state index >= 15 is 0 Å². The second-order valence-corrected chi connectivity index (χ2v) is 9.81. The summed E-state index contributed by atoms with van der Waals surface area (Å²) in [6, 6.07) is 8.99. The van der Waals surface area contributed by atoms with Crippen LogP contribution in [-0.4, -0.2) is 60.2 Å². The van der Waals surface area contributed by atoms with E-state index in [1.165, 1.54) is 37.7 Å². The predicted octanol–water partition coefficient (Wildman–Crippen LogP) is 2.93. The number of benzene rings is 1. The Morgan fingerprint density at radius 2 is 1.89 bits per heavy atom. The molecule has 1 aliphatic carbocycles. The van der Waals surface area contributed by atoms with Crippen molar-refractivity contribution >= 4 is 11.9 Å². The normalized spacial score (nSPS) is 17.1. The molecule has 2 aromatic rings. The summed E-state index contributed by atoms with van der Waals surface area (Å²) in [5.41, 5.74) is 3.50. The van der Waals surface area contributed by atoms with Crippen LogP contribution in [0, 0.1) is 6.92 Å². The van der Waals surface area contributed by atoms with E-state index in [9.17, 15) is 9.59 Å². The van der Waals surface area contributed by atoms with Gasteiger partial charge in [0, 0.05) is 49.9 Å². The first-order chi connectivity index (χ1) is 17.0. The van der Waals surface area contributed by atoms with Gasteiger partial charge in [-0.25, -0.2) is 4.98 Å². The first-order valence-electron chi connectivity index (χ1n) is 13.0. The zero-order valence-electron chi connectivity index (χ0n) is 21.1. The van der Waals surface area contributed by atoms with Crippen molar-refractivity contribution in [1.29, 1.82) is 0 Å². The number of ether oxygens (including phenoxy) is 1. The summed E-state index contributed by atoms with van der Waals surface area (Å²) in [4.78, 5) is 37.3. The molecule has 1 aromatic heterocycles. The van der Waals surface area contributed by atoms with Gasteiger partial charge in [0.1, 0.15) is 0 Å². The van der Waals surface area contributed by atoms with Crippen molar-refractivity contribution in [2.24, 2.45) is 0 Å². The van der Waals surface area contributed by atoms with Crippen molar-refractivity contribution in [1.82, 2.24) is 20.2 Å². The predicted molar refractivity (Wildman–Crippen MR) is 138 cm³/mol. The Kier molecular flexibility index (Phi) is 8.93. The quantitative estimate of drug-likeness (QED) is 0.572. The van der Waals surface area contributed by atoms with Gasteiger partial charge in [0.05, 0.1) is 13.2 Å². The van der Waals surface area contributed by atoms with Gasteiger partial charge in [-0.1, -0.05) is 43.5 Å². The Labute approximate surface area is 208 Å². The molecule has 0 bridgehead atoms. The van der Waals surface area contributed by atoms with Crippen LogP contribution in [-0.2, 0) is 29.0 Å². The van der Waals surface area contributed by atoms with E-state index in [2.05, 4.69) is 45.4 Å². The molecule has 1 saturated carbocycles. The van der Waals surface area contributed by atoms with Crippen LogP contribution in [0.25, 0.3) is 0 Å². The average molecular weight is 482 g/mol. The topological polar surface area (TPSA) is 90.6 Å². The molecule has 4 rings (SSSR count). The lowest BCUT2D eigenvalue weighted by molar-refractivity contribution is -0.121. The minimum absolute atomic E-state index is 0.0588. The molecule has 1 aliphatic heterocycles. The van der Waals surface area contributed by atoms with E-state index in [0.29, 0.717) is 62.5 Å². The molecule has 1 saturated heterocycles. The van der Waals surface area contributed by atoms with E-state index in [1.54, 1.807) is 0 Å². The van der Waals surface area contributed by atoms with Crippen molar-refractivity contribution in [3.63, 3.8) is 0 Å². The smallest absolute Gasteiger partial charge is 0.255 e. The molecular weight excluding hydrogens is 442 g/mol. The summed E-state index contributed by atoms with van der Waals surface area (Å²) in [6.07, 6.45) is 7.17. The number of hydrogen-bond acceptors (Lipinski definition) is 6. The van der Waals surface area contributed by atoms with Crippen molar-refractivity contribution in [2.75, 3.05) is 38.3 Å². The molecule has 2 N–H and O–H groups in total. The highest BCUT2D eigenvalue weighted by atomic mass is 16.5. The second-order valence-electron chi connectivity index (χ2n) is 9.81. The van der Waals surface area contributed by atoms with Crippen LogP contribution in [0.4, 0.5) is 5.95 Å². The lowest BCUT2D eigenvalue weighted by atomic mass is 9.94. The lowest BCUT2D eigenvalue weighted by Gasteiger charge is -2.31. The zero-order valence-corrected chi connectivity index (χ0v) is 21.1. The molecule has 0 atom stereocenters. The summed E-state index contributed by atoms with van der Waals surface area (Å²) in [5.74, 6) is 0.523. The molecule has 1 aromatic carbocycles. The molecule has 0 spiro atoms. The van der Waals surface area contributed by atoms with Crippen molar-refractivity contribution in [3.05, 3.63) is 57.0 Å². The van der Waals surface area contributed by atoms with Crippen LogP contribution in [0.2, 0.25) is 0 Å². The molecular formula is C27H39N5O3. The third-order valence-corrected chi connectivity index (χ3v) is 7.33. The van der Waals surface area contributed by atoms with Crippen LogP contribution in [0.1, 0.15) is 60.9 Å². The Morgan fingerprint density at radius 1 is 1.17 bits per heavy atom. The maximum atomic E-state index is 12.7. The van der Waals surface area contributed by atoms with E-state index in [0.717, 1.165) is 12.1 Å². The number of nitrogens with zero attached hydrogens (tertiary/aromatic N) is 3. The number of anilines is 1. The minimum Gasteiger partial charge on any atom is -0.378 e. The summed E-state index contributed by atoms with van der Waals surface area (Å²) in [7, 11) is 2.21. The van der Waals surface area contributed by atoms with Gasteiger partial charge in [-0.2, -0.15) is 0 Å². The third kappa shape index (κ3) is 6.92. The zero-order chi connectivity index (χ0) is 24.6. The average Bonchev–Trinajstić information content (AvgIpc) is 2.88. The standard InChI is InChI=1S/C27H39N5O3/c1-20-24(26(34)30-27(29-20)32-14-16-35-17-15-32)12-13-25(33)28-18-21-8-6-7-9-22(21)19-31(2)23-10-4-3-5-11-23/h6-9,23H,3-5,10-19H2,1-2H3,(H,28,33)(H,29,30,34). The van der Waals surface area contributed by atoms with Crippen molar-refractivity contribution < 1.29 is 9.53 Å². The highest BCUT2D eigenvalue weighted by Gasteiger charge is 2.19. The SMILES string of the molecule is Cc1nc(N2CCOCC2)[nH]c(=O)c1CCC(=O)NCc1ccccc1CN(C)C1CCCCC1. The molecule has 1 amide bonds. The number of morpholine rings is 1. The van der Waals surface area contributed by atoms with Crippen LogP contribution >= 0.6 is 0 Å². The van der Waals surface area contributed by atoms with Gasteiger partial charge in [0.15, 0.2) is 0 Å². The number of aromatic nitrogens is 2. The first-order valence-corrected chi connectivity index (χ1v) is 13.0. The number of aryl methyl sites for hydroxylation is 1. The molecule has 190 valence electrons. The van der Waals surface area contributed by atoms with Gasteiger partial charge in [0.2, 0.25) is 11.9 Å². The number of H-pyrrole nitrogens is 1. The highest BCUT2D eigenvalue weighted by Crippen LogP contribution is 2.23. The summed E-state index contributed by atoms with van der Waals surface area (Å²) in [6.45, 7) is 5.91. The van der Waals surface area contributed by atoms with Gasteiger partial charge in [-0.15, -0.1) is 0 Å². The third-order valence-electron chi connectivity index (χ3n) is 7.33. The largest absolute Gasteiger partial charge is 0.378 e. The van der Waals surface area contributed by atoms with E-state index in [-0.39, 0.29) is 17.9 Å². The van der Waals surface area contributed by atoms with Crippen molar-refractivity contribution in [2.45, 2.75) is 71.0 Å². The Hall–Kier alpha value is -2.71. The van der Waals surface area contributed by atoms with Crippen LogP contribution < -0.4 is 15.8 Å². The first kappa shape index (κ1) is 25.4. The van der Waals surface area contributed by atoms with Crippen molar-refractivity contribution in [3.8, 4) is 0 Å². The monoisotopic (exact) mass is 481 g/mol. The molecule has 2 heterocycles. The number of carbonyl (C=O) groups excluding carboxylic acids is 1. The number of carbonyl (C=O) groups is 1. The van der Waals surface area contributed by atoms with Crippen LogP contribution in [0.5, 0.6) is 0 Å². The van der Waals surface area contributed by atoms with E-state index < -0.39 is 0 Å². The Morgan fingerprint density at radius 3 is 2.60 bits per heavy atom. The van der Waals surface area contributed by atoms with E-state index in [4.69, 9.17) is 4.74 Å². The van der Waals surface area contributed by atoms with Gasteiger partial charge in [0.25, 0.3) is 5.56 Å². The molecule has 8 nitrogen and oxygen atoms in total. The maximum absolute atomic E-state index is 12.7. The Balaban J connectivity index is 1.30. The number of rotatable bonds is 9. The Bertz CT molecular complexity index is 1040. The minimum atomic E-state index is -0.164. The number of amides is 1. The number of aromatic amines is 1. The summed E-state index contributed by atoms with van der Waals surface area (Å²) >= 11 is 0. The molecule has 2 aliphatic rings. The second kappa shape index (κ2) is 12.3. The molecule has 35 heavy (non-hydrogen) atoms. The number of nitrogens with one attached hydrogen (secondary N) is 2. The lowest BCUT2D eigenvalue weighted by Crippen LogP contribution is -2.38. The molecule has 8 heteroatoms. The van der Waals surface area contributed by atoms with Gasteiger partial charge in [-0.3, -0.25) is 19.5 Å². The molecule has 2 fully saturated rings. The van der Waals surface area contributed by atoms with Gasteiger partial charge >= 0.3 is 0 Å². The fourth-order valence-electron chi connectivity index (χ4n) is 5.14. The van der Waals surface area contributed by atoms with Gasteiger partial charge < -0.3 is 15.0 Å². The highest BCUT2D eigenvalue weighted by molar-refractivity contribution is 5.76.